The predicted molar refractivity (Wildman–Crippen MR) is 99.5 cm³/mol. The average Bonchev–Trinajstić information content (AvgIpc) is 2.70. The molecule has 1 aliphatic rings. The van der Waals surface area contributed by atoms with Crippen LogP contribution < -0.4 is 10.1 Å². The molecule has 0 radical (unpaired) electrons. The first kappa shape index (κ1) is 20.2. The van der Waals surface area contributed by atoms with E-state index in [4.69, 9.17) is 4.74 Å². The van der Waals surface area contributed by atoms with Crippen LogP contribution in [0, 0.1) is 11.6 Å². The molecule has 0 bridgehead atoms. The van der Waals surface area contributed by atoms with E-state index in [-0.39, 0.29) is 10.6 Å². The van der Waals surface area contributed by atoms with Crippen molar-refractivity contribution < 1.29 is 26.7 Å². The third kappa shape index (κ3) is 4.66. The maximum atomic E-state index is 13.5. The van der Waals surface area contributed by atoms with Crippen molar-refractivity contribution in [2.75, 3.05) is 25.0 Å². The van der Waals surface area contributed by atoms with Crippen LogP contribution in [0.3, 0.4) is 0 Å². The Hall–Kier alpha value is -2.52. The number of benzene rings is 2. The van der Waals surface area contributed by atoms with E-state index in [1.165, 1.54) is 34.6 Å². The highest BCUT2D eigenvalue weighted by molar-refractivity contribution is 7.89. The van der Waals surface area contributed by atoms with E-state index in [1.807, 2.05) is 0 Å². The van der Waals surface area contributed by atoms with E-state index in [0.29, 0.717) is 13.1 Å². The van der Waals surface area contributed by atoms with E-state index in [1.54, 1.807) is 0 Å². The minimum Gasteiger partial charge on any atom is -0.484 e. The number of sulfonamides is 1. The maximum Gasteiger partial charge on any atom is 0.262 e. The van der Waals surface area contributed by atoms with Gasteiger partial charge < -0.3 is 10.1 Å². The molecule has 1 aliphatic heterocycles. The van der Waals surface area contributed by atoms with Crippen LogP contribution in [-0.4, -0.2) is 38.3 Å². The van der Waals surface area contributed by atoms with Crippen LogP contribution in [-0.2, 0) is 14.8 Å². The third-order valence-corrected chi connectivity index (χ3v) is 6.29. The monoisotopic (exact) mass is 410 g/mol. The van der Waals surface area contributed by atoms with Crippen molar-refractivity contribution in [1.29, 1.82) is 0 Å². The molecular formula is C19H20F2N2O4S. The Kier molecular flexibility index (Phi) is 6.25. The summed E-state index contributed by atoms with van der Waals surface area (Å²) in [6, 6.07) is 8.95. The topological polar surface area (TPSA) is 75.7 Å². The van der Waals surface area contributed by atoms with Gasteiger partial charge in [-0.3, -0.25) is 4.79 Å². The Morgan fingerprint density at radius 1 is 1.00 bits per heavy atom. The smallest absolute Gasteiger partial charge is 0.262 e. The number of amides is 1. The minimum absolute atomic E-state index is 0.152. The molecule has 2 aromatic rings. The first-order valence-electron chi connectivity index (χ1n) is 8.85. The molecule has 3 rings (SSSR count). The fraction of sp³-hybridized carbons (Fsp3) is 0.316. The van der Waals surface area contributed by atoms with Crippen molar-refractivity contribution >= 4 is 21.6 Å². The number of nitrogens with one attached hydrogen (secondary N) is 1. The maximum absolute atomic E-state index is 13.5. The molecule has 1 heterocycles. The van der Waals surface area contributed by atoms with Gasteiger partial charge in [0.15, 0.2) is 6.61 Å². The normalized spacial score (nSPS) is 15.2. The lowest BCUT2D eigenvalue weighted by atomic mass is 10.2. The third-order valence-electron chi connectivity index (χ3n) is 4.37. The standard InChI is InChI=1S/C19H20F2N2O4S/c20-16-5-4-6-17(21)19(16)22-18(24)13-27-14-7-9-15(10-8-14)28(25,26)23-11-2-1-3-12-23/h4-10H,1-3,11-13H2,(H,22,24). The number of ether oxygens (including phenoxy) is 1. The summed E-state index contributed by atoms with van der Waals surface area (Å²) in [7, 11) is -3.55. The van der Waals surface area contributed by atoms with E-state index < -0.39 is 39.9 Å². The Morgan fingerprint density at radius 2 is 1.61 bits per heavy atom. The van der Waals surface area contributed by atoms with Crippen LogP contribution in [0.4, 0.5) is 14.5 Å². The van der Waals surface area contributed by atoms with Crippen molar-refractivity contribution in [2.24, 2.45) is 0 Å². The number of piperidine rings is 1. The number of carbonyl (C=O) groups is 1. The van der Waals surface area contributed by atoms with Crippen molar-refractivity contribution in [3.8, 4) is 5.75 Å². The lowest BCUT2D eigenvalue weighted by Gasteiger charge is -2.25. The van der Waals surface area contributed by atoms with Crippen LogP contribution >= 0.6 is 0 Å². The summed E-state index contributed by atoms with van der Waals surface area (Å²) in [6.07, 6.45) is 2.72. The second kappa shape index (κ2) is 8.66. The molecular weight excluding hydrogens is 390 g/mol. The SMILES string of the molecule is O=C(COc1ccc(S(=O)(=O)N2CCCCC2)cc1)Nc1c(F)cccc1F. The van der Waals surface area contributed by atoms with Crippen LogP contribution in [0.5, 0.6) is 5.75 Å². The molecule has 0 saturated carbocycles. The van der Waals surface area contributed by atoms with Gasteiger partial charge in [0.25, 0.3) is 5.91 Å². The quantitative estimate of drug-likeness (QED) is 0.794. The summed E-state index contributed by atoms with van der Waals surface area (Å²) in [5.41, 5.74) is -0.543. The molecule has 1 saturated heterocycles. The Bertz CT molecular complexity index is 923. The fourth-order valence-corrected chi connectivity index (χ4v) is 4.42. The highest BCUT2D eigenvalue weighted by atomic mass is 32.2. The van der Waals surface area contributed by atoms with Gasteiger partial charge in [0, 0.05) is 13.1 Å². The van der Waals surface area contributed by atoms with Crippen molar-refractivity contribution in [3.63, 3.8) is 0 Å². The van der Waals surface area contributed by atoms with E-state index in [2.05, 4.69) is 5.32 Å². The van der Waals surface area contributed by atoms with Crippen molar-refractivity contribution in [2.45, 2.75) is 24.2 Å². The van der Waals surface area contributed by atoms with Crippen LogP contribution in [0.1, 0.15) is 19.3 Å². The molecule has 9 heteroatoms. The minimum atomic E-state index is -3.55. The number of anilines is 1. The molecule has 0 aromatic heterocycles. The van der Waals surface area contributed by atoms with Gasteiger partial charge >= 0.3 is 0 Å². The van der Waals surface area contributed by atoms with Crippen LogP contribution in [0.15, 0.2) is 47.4 Å². The summed E-state index contributed by atoms with van der Waals surface area (Å²) in [4.78, 5) is 12.0. The summed E-state index contributed by atoms with van der Waals surface area (Å²) in [5, 5.41) is 2.11. The van der Waals surface area contributed by atoms with Gasteiger partial charge in [0.1, 0.15) is 23.1 Å². The molecule has 0 spiro atoms. The Labute approximate surface area is 162 Å². The number of rotatable bonds is 6. The number of hydrogen-bond acceptors (Lipinski definition) is 4. The zero-order chi connectivity index (χ0) is 20.1. The number of nitrogens with zero attached hydrogens (tertiary/aromatic N) is 1. The molecule has 6 nitrogen and oxygen atoms in total. The second-order valence-corrected chi connectivity index (χ2v) is 8.31. The van der Waals surface area contributed by atoms with E-state index >= 15 is 0 Å². The zero-order valence-electron chi connectivity index (χ0n) is 15.0. The molecule has 0 atom stereocenters. The highest BCUT2D eigenvalue weighted by Gasteiger charge is 2.25. The molecule has 1 amide bonds. The Morgan fingerprint density at radius 3 is 2.21 bits per heavy atom. The average molecular weight is 410 g/mol. The van der Waals surface area contributed by atoms with Crippen molar-refractivity contribution in [3.05, 3.63) is 54.1 Å². The number of halogens is 2. The lowest BCUT2D eigenvalue weighted by molar-refractivity contribution is -0.118. The van der Waals surface area contributed by atoms with Crippen molar-refractivity contribution in [1.82, 2.24) is 4.31 Å². The first-order valence-corrected chi connectivity index (χ1v) is 10.3. The number of para-hydroxylation sites is 1. The van der Waals surface area contributed by atoms with Gasteiger partial charge in [-0.2, -0.15) is 4.31 Å². The number of carbonyl (C=O) groups excluding carboxylic acids is 1. The van der Waals surface area contributed by atoms with Gasteiger partial charge in [0.05, 0.1) is 4.90 Å². The molecule has 150 valence electrons. The molecule has 2 aromatic carbocycles. The summed E-state index contributed by atoms with van der Waals surface area (Å²) < 4.78 is 58.9. The molecule has 28 heavy (non-hydrogen) atoms. The summed E-state index contributed by atoms with van der Waals surface area (Å²) in [6.45, 7) is 0.534. The van der Waals surface area contributed by atoms with Gasteiger partial charge in [0.2, 0.25) is 10.0 Å². The highest BCUT2D eigenvalue weighted by Crippen LogP contribution is 2.23. The van der Waals surface area contributed by atoms with E-state index in [9.17, 15) is 22.0 Å². The molecule has 0 aliphatic carbocycles. The fourth-order valence-electron chi connectivity index (χ4n) is 2.90. The van der Waals surface area contributed by atoms with Gasteiger partial charge in [-0.25, -0.2) is 17.2 Å². The van der Waals surface area contributed by atoms with Crippen LogP contribution in [0.25, 0.3) is 0 Å². The summed E-state index contributed by atoms with van der Waals surface area (Å²) in [5.74, 6) is -2.25. The molecule has 0 unspecified atom stereocenters. The summed E-state index contributed by atoms with van der Waals surface area (Å²) >= 11 is 0. The molecule has 1 fully saturated rings. The van der Waals surface area contributed by atoms with E-state index in [0.717, 1.165) is 31.4 Å². The van der Waals surface area contributed by atoms with Gasteiger partial charge in [-0.1, -0.05) is 12.5 Å². The Balaban J connectivity index is 1.59. The number of hydrogen-bond donors (Lipinski definition) is 1. The second-order valence-electron chi connectivity index (χ2n) is 6.37. The van der Waals surface area contributed by atoms with Gasteiger partial charge in [-0.15, -0.1) is 0 Å². The predicted octanol–water partition coefficient (Wildman–Crippen LogP) is 3.16. The largest absolute Gasteiger partial charge is 0.484 e. The first-order chi connectivity index (χ1) is 13.4. The lowest BCUT2D eigenvalue weighted by Crippen LogP contribution is -2.35. The van der Waals surface area contributed by atoms with Gasteiger partial charge in [-0.05, 0) is 49.2 Å². The van der Waals surface area contributed by atoms with Crippen LogP contribution in [0.2, 0.25) is 0 Å². The zero-order valence-corrected chi connectivity index (χ0v) is 15.8. The molecule has 1 N–H and O–H groups in total.